The van der Waals surface area contributed by atoms with Crippen molar-refractivity contribution >= 4 is 11.9 Å². The maximum Gasteiger partial charge on any atom is 0.433 e. The molecule has 0 bridgehead atoms. The molecule has 24 heavy (non-hydrogen) atoms. The van der Waals surface area contributed by atoms with Crippen molar-refractivity contribution in [3.05, 3.63) is 18.0 Å². The van der Waals surface area contributed by atoms with E-state index in [2.05, 4.69) is 44.8 Å². The molecule has 0 unspecified atom stereocenters. The van der Waals surface area contributed by atoms with E-state index in [9.17, 15) is 13.2 Å². The third kappa shape index (κ3) is 7.98. The first-order valence-corrected chi connectivity index (χ1v) is 7.99. The highest BCUT2D eigenvalue weighted by molar-refractivity contribution is 5.79. The highest BCUT2D eigenvalue weighted by Crippen LogP contribution is 2.27. The van der Waals surface area contributed by atoms with Crippen molar-refractivity contribution in [2.45, 2.75) is 33.4 Å². The predicted molar refractivity (Wildman–Crippen MR) is 89.0 cm³/mol. The zero-order chi connectivity index (χ0) is 18.0. The second kappa shape index (κ2) is 9.94. The van der Waals surface area contributed by atoms with Crippen LogP contribution in [-0.2, 0) is 6.18 Å². The maximum absolute atomic E-state index is 12.6. The van der Waals surface area contributed by atoms with Gasteiger partial charge in [-0.05, 0) is 25.3 Å². The minimum Gasteiger partial charge on any atom is -0.357 e. The summed E-state index contributed by atoms with van der Waals surface area (Å²) in [5, 5.41) is 8.98. The first kappa shape index (κ1) is 20.0. The van der Waals surface area contributed by atoms with Gasteiger partial charge in [-0.2, -0.15) is 13.2 Å². The second-order valence-electron chi connectivity index (χ2n) is 5.56. The van der Waals surface area contributed by atoms with Gasteiger partial charge in [0.25, 0.3) is 0 Å². The van der Waals surface area contributed by atoms with Crippen LogP contribution in [0.2, 0.25) is 0 Å². The van der Waals surface area contributed by atoms with Gasteiger partial charge in [0.2, 0.25) is 5.95 Å². The molecule has 136 valence electrons. The van der Waals surface area contributed by atoms with Crippen LogP contribution in [0.5, 0.6) is 0 Å². The lowest BCUT2D eigenvalue weighted by atomic mass is 10.1. The average Bonchev–Trinajstić information content (AvgIpc) is 2.50. The fraction of sp³-hybridized carbons (Fsp3) is 0.667. The standard InChI is InChI=1S/C15H25F3N6/c1-4-19-13(20-7-5-11(2)3)22-9-10-23-14-21-8-6-12(24-14)15(16,17)18/h6,8,11H,4-5,7,9-10H2,1-3H3,(H2,19,20,22)(H,21,23,24). The van der Waals surface area contributed by atoms with Gasteiger partial charge in [-0.1, -0.05) is 13.8 Å². The summed E-state index contributed by atoms with van der Waals surface area (Å²) in [6.07, 6.45) is -2.39. The average molecular weight is 346 g/mol. The third-order valence-electron chi connectivity index (χ3n) is 2.97. The summed E-state index contributed by atoms with van der Waals surface area (Å²) in [6.45, 7) is 8.54. The number of nitrogens with one attached hydrogen (secondary N) is 3. The summed E-state index contributed by atoms with van der Waals surface area (Å²) in [5.41, 5.74) is -0.962. The number of alkyl halides is 3. The molecule has 0 aliphatic rings. The largest absolute Gasteiger partial charge is 0.433 e. The van der Waals surface area contributed by atoms with Crippen LogP contribution in [0.4, 0.5) is 19.1 Å². The Kier molecular flexibility index (Phi) is 8.28. The van der Waals surface area contributed by atoms with Gasteiger partial charge < -0.3 is 16.0 Å². The van der Waals surface area contributed by atoms with Gasteiger partial charge in [-0.25, -0.2) is 9.97 Å². The number of rotatable bonds is 8. The Labute approximate surface area is 140 Å². The van der Waals surface area contributed by atoms with Crippen LogP contribution in [0.3, 0.4) is 0 Å². The summed E-state index contributed by atoms with van der Waals surface area (Å²) >= 11 is 0. The highest BCUT2D eigenvalue weighted by Gasteiger charge is 2.32. The van der Waals surface area contributed by atoms with Crippen molar-refractivity contribution in [2.24, 2.45) is 10.9 Å². The van der Waals surface area contributed by atoms with E-state index >= 15 is 0 Å². The van der Waals surface area contributed by atoms with Crippen molar-refractivity contribution in [1.29, 1.82) is 0 Å². The monoisotopic (exact) mass is 346 g/mol. The molecule has 1 aromatic heterocycles. The summed E-state index contributed by atoms with van der Waals surface area (Å²) in [6, 6.07) is 0.841. The summed E-state index contributed by atoms with van der Waals surface area (Å²) < 4.78 is 37.7. The lowest BCUT2D eigenvalue weighted by Gasteiger charge is -2.12. The minimum absolute atomic E-state index is 0.0478. The van der Waals surface area contributed by atoms with Crippen molar-refractivity contribution in [2.75, 3.05) is 31.5 Å². The lowest BCUT2D eigenvalue weighted by Crippen LogP contribution is -2.39. The van der Waals surface area contributed by atoms with E-state index in [1.165, 1.54) is 0 Å². The fourth-order valence-electron chi connectivity index (χ4n) is 1.73. The molecular weight excluding hydrogens is 321 g/mol. The van der Waals surface area contributed by atoms with Crippen LogP contribution in [0.15, 0.2) is 17.3 Å². The van der Waals surface area contributed by atoms with E-state index in [-0.39, 0.29) is 5.95 Å². The molecule has 0 amide bonds. The van der Waals surface area contributed by atoms with Crippen LogP contribution in [0.1, 0.15) is 32.9 Å². The fourth-order valence-corrected chi connectivity index (χ4v) is 1.73. The topological polar surface area (TPSA) is 74.2 Å². The Bertz CT molecular complexity index is 516. The molecule has 1 heterocycles. The Morgan fingerprint density at radius 3 is 2.62 bits per heavy atom. The summed E-state index contributed by atoms with van der Waals surface area (Å²) in [5.74, 6) is 1.22. The molecule has 0 fully saturated rings. The highest BCUT2D eigenvalue weighted by atomic mass is 19.4. The van der Waals surface area contributed by atoms with Crippen LogP contribution >= 0.6 is 0 Å². The Morgan fingerprint density at radius 2 is 2.00 bits per heavy atom. The van der Waals surface area contributed by atoms with Gasteiger partial charge in [-0.3, -0.25) is 4.99 Å². The van der Waals surface area contributed by atoms with Gasteiger partial charge in [0.05, 0.1) is 0 Å². The van der Waals surface area contributed by atoms with Gasteiger partial charge in [0.15, 0.2) is 5.96 Å². The van der Waals surface area contributed by atoms with Crippen LogP contribution < -0.4 is 16.0 Å². The van der Waals surface area contributed by atoms with Crippen molar-refractivity contribution in [3.63, 3.8) is 0 Å². The summed E-state index contributed by atoms with van der Waals surface area (Å²) in [4.78, 5) is 11.7. The number of nitrogens with zero attached hydrogens (tertiary/aromatic N) is 3. The Balaban J connectivity index is 2.43. The molecule has 9 heteroatoms. The van der Waals surface area contributed by atoms with Crippen LogP contribution in [0.25, 0.3) is 0 Å². The molecule has 0 radical (unpaired) electrons. The number of aliphatic imine (C=N–C) groups is 1. The van der Waals surface area contributed by atoms with Crippen molar-refractivity contribution < 1.29 is 13.2 Å². The number of hydrogen-bond acceptors (Lipinski definition) is 4. The van der Waals surface area contributed by atoms with E-state index in [0.717, 1.165) is 31.8 Å². The number of guanidine groups is 1. The normalized spacial score (nSPS) is 12.4. The number of hydrogen-bond donors (Lipinski definition) is 3. The van der Waals surface area contributed by atoms with E-state index in [4.69, 9.17) is 0 Å². The number of halogens is 3. The number of anilines is 1. The van der Waals surface area contributed by atoms with E-state index in [1.807, 2.05) is 6.92 Å². The van der Waals surface area contributed by atoms with Gasteiger partial charge >= 0.3 is 6.18 Å². The molecule has 0 saturated heterocycles. The van der Waals surface area contributed by atoms with E-state index in [1.54, 1.807) is 0 Å². The molecular formula is C15H25F3N6. The number of aromatic nitrogens is 2. The first-order valence-electron chi connectivity index (χ1n) is 7.99. The van der Waals surface area contributed by atoms with Crippen molar-refractivity contribution in [3.8, 4) is 0 Å². The Morgan fingerprint density at radius 1 is 1.25 bits per heavy atom. The smallest absolute Gasteiger partial charge is 0.357 e. The van der Waals surface area contributed by atoms with Crippen molar-refractivity contribution in [1.82, 2.24) is 20.6 Å². The lowest BCUT2D eigenvalue weighted by molar-refractivity contribution is -0.141. The minimum atomic E-state index is -4.47. The maximum atomic E-state index is 12.6. The van der Waals surface area contributed by atoms with Crippen LogP contribution in [-0.4, -0.2) is 42.1 Å². The quantitative estimate of drug-likeness (QED) is 0.383. The molecule has 0 spiro atoms. The van der Waals surface area contributed by atoms with Gasteiger partial charge in [-0.15, -0.1) is 0 Å². The second-order valence-corrected chi connectivity index (χ2v) is 5.56. The first-order chi connectivity index (χ1) is 11.3. The molecule has 0 atom stereocenters. The Hall–Kier alpha value is -2.06. The zero-order valence-electron chi connectivity index (χ0n) is 14.2. The molecule has 0 aromatic carbocycles. The summed E-state index contributed by atoms with van der Waals surface area (Å²) in [7, 11) is 0. The molecule has 0 saturated carbocycles. The molecule has 3 N–H and O–H groups in total. The molecule has 0 aliphatic carbocycles. The zero-order valence-corrected chi connectivity index (χ0v) is 14.2. The van der Waals surface area contributed by atoms with E-state index < -0.39 is 11.9 Å². The van der Waals surface area contributed by atoms with Crippen LogP contribution in [0, 0.1) is 5.92 Å². The van der Waals surface area contributed by atoms with Gasteiger partial charge in [0.1, 0.15) is 5.69 Å². The molecule has 1 rings (SSSR count). The third-order valence-corrected chi connectivity index (χ3v) is 2.97. The molecule has 1 aromatic rings. The SMILES string of the molecule is CCNC(=NCCC(C)C)NCCNc1nccc(C(F)(F)F)n1. The van der Waals surface area contributed by atoms with Gasteiger partial charge in [0, 0.05) is 32.4 Å². The molecule has 0 aliphatic heterocycles. The van der Waals surface area contributed by atoms with E-state index in [0.29, 0.717) is 25.0 Å². The predicted octanol–water partition coefficient (Wildman–Crippen LogP) is 2.51. The molecule has 6 nitrogen and oxygen atoms in total.